The van der Waals surface area contributed by atoms with Crippen LogP contribution in [0.4, 0.5) is 0 Å². The molecule has 4 heteroatoms. The fraction of sp³-hybridized carbons (Fsp3) is 0.682. The minimum atomic E-state index is 0.0623. The number of fused-ring (bicyclic) bond motifs is 3. The van der Waals surface area contributed by atoms with Gasteiger partial charge in [-0.25, -0.2) is 0 Å². The van der Waals surface area contributed by atoms with Gasteiger partial charge in [-0.15, -0.1) is 0 Å². The smallest absolute Gasteiger partial charge is 0.251 e. The van der Waals surface area contributed by atoms with Crippen LogP contribution >= 0.6 is 0 Å². The second kappa shape index (κ2) is 8.10. The molecular formula is C22H33N3O. The van der Waals surface area contributed by atoms with E-state index in [1.54, 1.807) is 0 Å². The maximum absolute atomic E-state index is 12.3. The van der Waals surface area contributed by atoms with Crippen LogP contribution in [0.1, 0.15) is 43.0 Å². The van der Waals surface area contributed by atoms with Crippen molar-refractivity contribution in [1.29, 1.82) is 0 Å². The molecule has 1 amide bonds. The van der Waals surface area contributed by atoms with E-state index in [1.807, 2.05) is 30.3 Å². The first kappa shape index (κ1) is 18.0. The zero-order valence-electron chi connectivity index (χ0n) is 16.1. The third-order valence-corrected chi connectivity index (χ3v) is 6.92. The Bertz CT molecular complexity index is 597. The quantitative estimate of drug-likeness (QED) is 0.882. The van der Waals surface area contributed by atoms with E-state index in [2.05, 4.69) is 22.0 Å². The van der Waals surface area contributed by atoms with Crippen LogP contribution in [0.15, 0.2) is 30.3 Å². The van der Waals surface area contributed by atoms with Crippen LogP contribution in [0.25, 0.3) is 0 Å². The molecule has 4 aliphatic heterocycles. The number of amides is 1. The number of nitrogens with zero attached hydrogens (tertiary/aromatic N) is 2. The molecule has 0 aromatic heterocycles. The lowest BCUT2D eigenvalue weighted by atomic mass is 9.75. The molecule has 142 valence electrons. The normalized spacial score (nSPS) is 32.5. The first-order chi connectivity index (χ1) is 12.7. The summed E-state index contributed by atoms with van der Waals surface area (Å²) in [6.07, 6.45) is 5.34. The molecule has 1 aromatic rings. The van der Waals surface area contributed by atoms with Crippen LogP contribution in [0, 0.1) is 17.8 Å². The number of piperidine rings is 4. The molecule has 5 rings (SSSR count). The van der Waals surface area contributed by atoms with Gasteiger partial charge in [-0.3, -0.25) is 9.69 Å². The number of rotatable bonds is 5. The second-order valence-corrected chi connectivity index (χ2v) is 8.75. The molecule has 1 N–H and O–H groups in total. The van der Waals surface area contributed by atoms with Crippen molar-refractivity contribution >= 4 is 5.91 Å². The summed E-state index contributed by atoms with van der Waals surface area (Å²) >= 11 is 0. The second-order valence-electron chi connectivity index (χ2n) is 8.75. The van der Waals surface area contributed by atoms with Gasteiger partial charge in [-0.1, -0.05) is 25.1 Å². The molecule has 4 atom stereocenters. The van der Waals surface area contributed by atoms with Crippen LogP contribution in [-0.4, -0.2) is 61.0 Å². The number of carbonyl (C=O) groups is 1. The highest BCUT2D eigenvalue weighted by Crippen LogP contribution is 2.37. The Morgan fingerprint density at radius 1 is 1.12 bits per heavy atom. The Hall–Kier alpha value is -1.39. The van der Waals surface area contributed by atoms with Crippen LogP contribution in [-0.2, 0) is 0 Å². The van der Waals surface area contributed by atoms with E-state index in [0.717, 1.165) is 29.9 Å². The van der Waals surface area contributed by atoms with Crippen LogP contribution in [0.2, 0.25) is 0 Å². The van der Waals surface area contributed by atoms with E-state index < -0.39 is 0 Å². The monoisotopic (exact) mass is 355 g/mol. The van der Waals surface area contributed by atoms with Gasteiger partial charge in [0, 0.05) is 31.2 Å². The summed E-state index contributed by atoms with van der Waals surface area (Å²) < 4.78 is 0. The molecule has 4 fully saturated rings. The van der Waals surface area contributed by atoms with E-state index in [1.165, 1.54) is 58.4 Å². The maximum Gasteiger partial charge on any atom is 0.251 e. The zero-order valence-corrected chi connectivity index (χ0v) is 16.1. The maximum atomic E-state index is 12.3. The van der Waals surface area contributed by atoms with Crippen molar-refractivity contribution < 1.29 is 4.79 Å². The van der Waals surface area contributed by atoms with Crippen molar-refractivity contribution in [3.63, 3.8) is 0 Å². The molecule has 0 spiro atoms. The number of hydrogen-bond donors (Lipinski definition) is 1. The van der Waals surface area contributed by atoms with Crippen molar-refractivity contribution in [2.45, 2.75) is 38.6 Å². The average molecular weight is 356 g/mol. The van der Waals surface area contributed by atoms with Crippen molar-refractivity contribution in [1.82, 2.24) is 15.1 Å². The Morgan fingerprint density at radius 3 is 2.58 bits per heavy atom. The predicted molar refractivity (Wildman–Crippen MR) is 105 cm³/mol. The van der Waals surface area contributed by atoms with Gasteiger partial charge in [-0.2, -0.15) is 0 Å². The van der Waals surface area contributed by atoms with Crippen molar-refractivity contribution in [3.05, 3.63) is 35.9 Å². The Balaban J connectivity index is 1.26. The summed E-state index contributed by atoms with van der Waals surface area (Å²) in [6, 6.07) is 10.1. The molecule has 4 heterocycles. The predicted octanol–water partition coefficient (Wildman–Crippen LogP) is 2.86. The lowest BCUT2D eigenvalue weighted by Crippen LogP contribution is -2.58. The van der Waals surface area contributed by atoms with Gasteiger partial charge in [0.2, 0.25) is 0 Å². The zero-order chi connectivity index (χ0) is 17.9. The summed E-state index contributed by atoms with van der Waals surface area (Å²) in [7, 11) is 0. The van der Waals surface area contributed by atoms with Crippen molar-refractivity contribution in [2.24, 2.45) is 17.8 Å². The number of benzene rings is 1. The first-order valence-electron chi connectivity index (χ1n) is 10.5. The molecule has 2 bridgehead atoms. The highest BCUT2D eigenvalue weighted by molar-refractivity contribution is 5.94. The molecule has 4 aliphatic rings. The number of carbonyl (C=O) groups excluding carboxylic acids is 1. The number of hydrogen-bond acceptors (Lipinski definition) is 3. The van der Waals surface area contributed by atoms with Crippen LogP contribution in [0.3, 0.4) is 0 Å². The number of likely N-dealkylation sites (tertiary alicyclic amines) is 1. The van der Waals surface area contributed by atoms with E-state index in [-0.39, 0.29) is 5.91 Å². The highest BCUT2D eigenvalue weighted by Gasteiger charge is 2.40. The van der Waals surface area contributed by atoms with Gasteiger partial charge in [-0.05, 0) is 75.2 Å². The molecule has 0 saturated carbocycles. The molecular weight excluding hydrogens is 322 g/mol. The Kier molecular flexibility index (Phi) is 5.60. The van der Waals surface area contributed by atoms with E-state index >= 15 is 0 Å². The van der Waals surface area contributed by atoms with Gasteiger partial charge >= 0.3 is 0 Å². The van der Waals surface area contributed by atoms with E-state index in [9.17, 15) is 4.79 Å². The molecule has 26 heavy (non-hydrogen) atoms. The van der Waals surface area contributed by atoms with Gasteiger partial charge in [0.05, 0.1) is 0 Å². The minimum Gasteiger partial charge on any atom is -0.350 e. The van der Waals surface area contributed by atoms with Gasteiger partial charge in [0.25, 0.3) is 5.91 Å². The molecule has 1 aromatic carbocycles. The summed E-state index contributed by atoms with van der Waals surface area (Å²) in [5.41, 5.74) is 0.765. The third-order valence-electron chi connectivity index (χ3n) is 6.92. The topological polar surface area (TPSA) is 35.6 Å². The van der Waals surface area contributed by atoms with Crippen LogP contribution in [0.5, 0.6) is 0 Å². The summed E-state index contributed by atoms with van der Waals surface area (Å²) in [5, 5.41) is 3.16. The van der Waals surface area contributed by atoms with Crippen molar-refractivity contribution in [2.75, 3.05) is 39.3 Å². The van der Waals surface area contributed by atoms with Gasteiger partial charge in [0.1, 0.15) is 0 Å². The summed E-state index contributed by atoms with van der Waals surface area (Å²) in [4.78, 5) is 17.7. The molecule has 4 nitrogen and oxygen atoms in total. The fourth-order valence-electron chi connectivity index (χ4n) is 5.15. The van der Waals surface area contributed by atoms with E-state index in [0.29, 0.717) is 6.04 Å². The largest absolute Gasteiger partial charge is 0.350 e. The lowest BCUT2D eigenvalue weighted by Gasteiger charge is -2.51. The minimum absolute atomic E-state index is 0.0623. The van der Waals surface area contributed by atoms with Crippen LogP contribution < -0.4 is 5.32 Å². The lowest BCUT2D eigenvalue weighted by molar-refractivity contribution is -0.0148. The average Bonchev–Trinajstić information content (AvgIpc) is 2.69. The van der Waals surface area contributed by atoms with Crippen molar-refractivity contribution in [3.8, 4) is 0 Å². The summed E-state index contributed by atoms with van der Waals surface area (Å²) in [6.45, 7) is 9.49. The van der Waals surface area contributed by atoms with E-state index in [4.69, 9.17) is 0 Å². The molecule has 1 unspecified atom stereocenters. The fourth-order valence-corrected chi connectivity index (χ4v) is 5.15. The molecule has 0 aliphatic carbocycles. The highest BCUT2D eigenvalue weighted by atomic mass is 16.1. The standard InChI is InChI=1S/C22H33N3O/c1-17-7-10-24(11-8-17)15-20-16-25-12-9-19(20)13-21(25)14-23-22(26)18-5-3-2-4-6-18/h2-6,17,19-21H,7-16H2,1H3,(H,23,26)/t19-,20-,21+/m0/s1. The molecule has 4 saturated heterocycles. The first-order valence-corrected chi connectivity index (χ1v) is 10.5. The summed E-state index contributed by atoms with van der Waals surface area (Å²) in [5.74, 6) is 2.65. The third kappa shape index (κ3) is 4.12. The Morgan fingerprint density at radius 2 is 1.88 bits per heavy atom. The Labute approximate surface area is 157 Å². The van der Waals surface area contributed by atoms with Gasteiger partial charge < -0.3 is 10.2 Å². The SMILES string of the molecule is CC1CCN(C[C@H]2CN3CC[C@H]2C[C@@H]3CNC(=O)c2ccccc2)CC1. The van der Waals surface area contributed by atoms with Gasteiger partial charge in [0.15, 0.2) is 0 Å². The number of nitrogens with one attached hydrogen (secondary N) is 1. The molecule has 0 radical (unpaired) electrons.